The number of rotatable bonds is 4. The van der Waals surface area contributed by atoms with Gasteiger partial charge in [0, 0.05) is 28.6 Å². The quantitative estimate of drug-likeness (QED) is 0.539. The average molecular weight is 471 g/mol. The molecule has 0 radical (unpaired) electrons. The highest BCUT2D eigenvalue weighted by atomic mass is 79.9. The lowest BCUT2D eigenvalue weighted by Crippen LogP contribution is -2.06. The van der Waals surface area contributed by atoms with Gasteiger partial charge in [-0.05, 0) is 42.8 Å². The first-order valence-corrected chi connectivity index (χ1v) is 10.2. The Labute approximate surface area is 179 Å². The molecule has 7 nitrogen and oxygen atoms in total. The molecule has 9 heteroatoms. The molecule has 0 saturated carbocycles. The maximum absolute atomic E-state index is 12.6. The van der Waals surface area contributed by atoms with Gasteiger partial charge in [-0.1, -0.05) is 27.7 Å². The van der Waals surface area contributed by atoms with Crippen LogP contribution in [-0.4, -0.2) is 25.8 Å². The van der Waals surface area contributed by atoms with Gasteiger partial charge < -0.3 is 15.6 Å². The van der Waals surface area contributed by atoms with Crippen molar-refractivity contribution in [2.24, 2.45) is 0 Å². The third kappa shape index (κ3) is 3.96. The number of phenols is 1. The van der Waals surface area contributed by atoms with Gasteiger partial charge in [-0.15, -0.1) is 0 Å². The first-order chi connectivity index (χ1) is 13.9. The molecule has 29 heavy (non-hydrogen) atoms. The number of benzene rings is 1. The van der Waals surface area contributed by atoms with Crippen LogP contribution in [0.25, 0.3) is 6.08 Å². The summed E-state index contributed by atoms with van der Waals surface area (Å²) in [5.74, 6) is 0.344. The lowest BCUT2D eigenvalue weighted by Gasteiger charge is -2.16. The second-order valence-electron chi connectivity index (χ2n) is 6.27. The number of anilines is 1. The number of carbonyl (C=O) groups is 1. The molecule has 1 aromatic carbocycles. The van der Waals surface area contributed by atoms with E-state index >= 15 is 0 Å². The number of hydrogen-bond acceptors (Lipinski definition) is 8. The van der Waals surface area contributed by atoms with E-state index in [0.29, 0.717) is 31.1 Å². The second-order valence-corrected chi connectivity index (χ2v) is 8.16. The van der Waals surface area contributed by atoms with Gasteiger partial charge in [-0.3, -0.25) is 4.79 Å². The van der Waals surface area contributed by atoms with Crippen LogP contribution in [0.3, 0.4) is 0 Å². The molecule has 1 aliphatic heterocycles. The molecule has 0 spiro atoms. The van der Waals surface area contributed by atoms with Crippen molar-refractivity contribution in [2.45, 2.75) is 18.1 Å². The topological polar surface area (TPSA) is 111 Å². The molecule has 1 unspecified atom stereocenters. The molecule has 0 aliphatic carbocycles. The predicted molar refractivity (Wildman–Crippen MR) is 114 cm³/mol. The van der Waals surface area contributed by atoms with Gasteiger partial charge in [0.25, 0.3) is 0 Å². The summed E-state index contributed by atoms with van der Waals surface area (Å²) in [4.78, 5) is 25.3. The Morgan fingerprint density at radius 1 is 1.28 bits per heavy atom. The molecule has 3 N–H and O–H groups in total. The summed E-state index contributed by atoms with van der Waals surface area (Å²) in [6.07, 6.45) is 6.14. The molecule has 1 atom stereocenters. The molecule has 0 amide bonds. The van der Waals surface area contributed by atoms with E-state index in [9.17, 15) is 9.90 Å². The Hall–Kier alpha value is -2.91. The third-order valence-corrected chi connectivity index (χ3v) is 6.00. The predicted octanol–water partition coefficient (Wildman–Crippen LogP) is 4.39. The number of Topliss-reactive ketones (excluding diaryl/α,β-unsaturated/α-hetero) is 1. The largest absolute Gasteiger partial charge is 0.504 e. The zero-order valence-electron chi connectivity index (χ0n) is 15.2. The number of nitrogens with two attached hydrogens (primary N) is 1. The first kappa shape index (κ1) is 19.4. The van der Waals surface area contributed by atoms with Gasteiger partial charge in [0.05, 0.1) is 10.5 Å². The van der Waals surface area contributed by atoms with E-state index in [1.54, 1.807) is 42.9 Å². The number of thioether (sulfide) groups is 1. The molecule has 3 aromatic rings. The van der Waals surface area contributed by atoms with Crippen molar-refractivity contribution < 1.29 is 14.6 Å². The number of pyridine rings is 1. The highest BCUT2D eigenvalue weighted by Gasteiger charge is 2.27. The summed E-state index contributed by atoms with van der Waals surface area (Å²) in [5, 5.41) is 11.0. The maximum Gasteiger partial charge on any atom is 0.219 e. The number of aromatic nitrogens is 3. The monoisotopic (exact) mass is 470 g/mol. The Kier molecular flexibility index (Phi) is 5.25. The van der Waals surface area contributed by atoms with Crippen LogP contribution in [0.5, 0.6) is 11.5 Å². The van der Waals surface area contributed by atoms with E-state index < -0.39 is 6.10 Å². The number of aromatic hydroxyl groups is 1. The van der Waals surface area contributed by atoms with Crippen molar-refractivity contribution in [1.29, 1.82) is 0 Å². The Morgan fingerprint density at radius 3 is 2.76 bits per heavy atom. The fourth-order valence-corrected chi connectivity index (χ4v) is 4.17. The number of hydrogen-bond donors (Lipinski definition) is 2. The fraction of sp³-hybridized carbons (Fsp3) is 0.100. The van der Waals surface area contributed by atoms with Crippen molar-refractivity contribution >= 4 is 45.5 Å². The summed E-state index contributed by atoms with van der Waals surface area (Å²) in [6.45, 7) is 1.81. The number of phenolic OH excluding ortho intramolecular Hbond substituents is 1. The molecule has 0 saturated heterocycles. The molecule has 3 heterocycles. The Morgan fingerprint density at radius 2 is 2.03 bits per heavy atom. The molecule has 4 rings (SSSR count). The number of fused-ring (bicyclic) bond motifs is 1. The van der Waals surface area contributed by atoms with Gasteiger partial charge in [-0.2, -0.15) is 0 Å². The van der Waals surface area contributed by atoms with Crippen LogP contribution >= 0.6 is 27.7 Å². The standard InChI is InChI=1S/C20H15BrN4O3S/c1-10(12-8-24-20(22)25-9-12)28-16-5-11(14(21)7-15(16)26)6-17-18(27)13-3-2-4-23-19(13)29-17/h2-10,26H,1H3,(H2,22,24,25)/b17-6-. The lowest BCUT2D eigenvalue weighted by atomic mass is 10.1. The van der Waals surface area contributed by atoms with E-state index in [-0.39, 0.29) is 23.2 Å². The van der Waals surface area contributed by atoms with Crippen molar-refractivity contribution in [1.82, 2.24) is 15.0 Å². The van der Waals surface area contributed by atoms with Crippen LogP contribution in [0, 0.1) is 0 Å². The van der Waals surface area contributed by atoms with Crippen LogP contribution in [0.2, 0.25) is 0 Å². The van der Waals surface area contributed by atoms with Gasteiger partial charge in [0.2, 0.25) is 11.7 Å². The minimum atomic E-state index is -0.417. The molecule has 1 aliphatic rings. The van der Waals surface area contributed by atoms with E-state index in [1.165, 1.54) is 17.8 Å². The smallest absolute Gasteiger partial charge is 0.219 e. The number of allylic oxidation sites excluding steroid dienone is 1. The summed E-state index contributed by atoms with van der Waals surface area (Å²) < 4.78 is 6.53. The molecule has 0 bridgehead atoms. The minimum absolute atomic E-state index is 0.0300. The second kappa shape index (κ2) is 7.84. The zero-order valence-corrected chi connectivity index (χ0v) is 17.6. The molecular formula is C20H15BrN4O3S. The molecule has 0 fully saturated rings. The number of carbonyl (C=O) groups excluding carboxylic acids is 1. The van der Waals surface area contributed by atoms with Crippen molar-refractivity contribution in [2.75, 3.05) is 5.73 Å². The summed E-state index contributed by atoms with van der Waals surface area (Å²) in [7, 11) is 0. The fourth-order valence-electron chi connectivity index (χ4n) is 2.74. The molecule has 146 valence electrons. The Bertz CT molecular complexity index is 1140. The summed E-state index contributed by atoms with van der Waals surface area (Å²) >= 11 is 4.75. The van der Waals surface area contributed by atoms with Crippen LogP contribution in [0.15, 0.2) is 57.3 Å². The third-order valence-electron chi connectivity index (χ3n) is 4.28. The van der Waals surface area contributed by atoms with Crippen LogP contribution in [0.4, 0.5) is 5.95 Å². The highest BCUT2D eigenvalue weighted by molar-refractivity contribution is 9.10. The normalized spacial score (nSPS) is 15.4. The lowest BCUT2D eigenvalue weighted by molar-refractivity contribution is 0.104. The van der Waals surface area contributed by atoms with Crippen LogP contribution < -0.4 is 10.5 Å². The van der Waals surface area contributed by atoms with Crippen molar-refractivity contribution in [3.05, 3.63) is 68.9 Å². The number of ketones is 1. The zero-order chi connectivity index (χ0) is 20.5. The van der Waals surface area contributed by atoms with E-state index in [1.807, 2.05) is 6.92 Å². The van der Waals surface area contributed by atoms with Crippen LogP contribution in [-0.2, 0) is 0 Å². The van der Waals surface area contributed by atoms with Gasteiger partial charge >= 0.3 is 0 Å². The van der Waals surface area contributed by atoms with E-state index in [0.717, 1.165) is 0 Å². The highest BCUT2D eigenvalue weighted by Crippen LogP contribution is 2.41. The molecular weight excluding hydrogens is 456 g/mol. The van der Waals surface area contributed by atoms with Crippen molar-refractivity contribution in [3.63, 3.8) is 0 Å². The van der Waals surface area contributed by atoms with Crippen LogP contribution in [0.1, 0.15) is 34.5 Å². The maximum atomic E-state index is 12.6. The number of nitrogens with zero attached hydrogens (tertiary/aromatic N) is 3. The summed E-state index contributed by atoms with van der Waals surface area (Å²) in [6, 6.07) is 6.70. The number of nitrogen functional groups attached to an aromatic ring is 1. The Balaban J connectivity index is 1.63. The SMILES string of the molecule is CC(Oc1cc(/C=C2\Sc3ncccc3C2=O)c(Br)cc1O)c1cnc(N)nc1. The number of halogens is 1. The van der Waals surface area contributed by atoms with E-state index in [4.69, 9.17) is 10.5 Å². The van der Waals surface area contributed by atoms with Gasteiger partial charge in [-0.25, -0.2) is 15.0 Å². The van der Waals surface area contributed by atoms with E-state index in [2.05, 4.69) is 30.9 Å². The summed E-state index contributed by atoms with van der Waals surface area (Å²) in [5.41, 5.74) is 7.51. The van der Waals surface area contributed by atoms with Crippen molar-refractivity contribution in [3.8, 4) is 11.5 Å². The minimum Gasteiger partial charge on any atom is -0.504 e. The molecule has 2 aromatic heterocycles. The average Bonchev–Trinajstić information content (AvgIpc) is 3.02. The van der Waals surface area contributed by atoms with Gasteiger partial charge in [0.15, 0.2) is 11.5 Å². The first-order valence-electron chi connectivity index (χ1n) is 8.58. The number of ether oxygens (including phenoxy) is 1. The van der Waals surface area contributed by atoms with Gasteiger partial charge in [0.1, 0.15) is 11.1 Å².